The van der Waals surface area contributed by atoms with Crippen LogP contribution in [-0.2, 0) is 0 Å². The Balaban J connectivity index is 2.38. The highest BCUT2D eigenvalue weighted by Gasteiger charge is 2.48. The van der Waals surface area contributed by atoms with Gasteiger partial charge in [-0.05, 0) is 25.2 Å². The van der Waals surface area contributed by atoms with Crippen LogP contribution in [0.5, 0.6) is 0 Å². The number of hydrogen-bond donors (Lipinski definition) is 0. The summed E-state index contributed by atoms with van der Waals surface area (Å²) in [6.45, 7) is 11.8. The average Bonchev–Trinajstić information content (AvgIpc) is 2.80. The average molecular weight is 208 g/mol. The van der Waals surface area contributed by atoms with Crippen LogP contribution >= 0.6 is 0 Å². The summed E-state index contributed by atoms with van der Waals surface area (Å²) >= 11 is 0. The number of rotatable bonds is 7. The lowest BCUT2D eigenvalue weighted by molar-refractivity contribution is 0.401. The van der Waals surface area contributed by atoms with E-state index in [0.29, 0.717) is 5.41 Å². The molecule has 0 fully saturated rings. The summed E-state index contributed by atoms with van der Waals surface area (Å²) < 4.78 is 0. The topological polar surface area (TPSA) is 0 Å². The molecule has 1 aliphatic carbocycles. The molecule has 0 heterocycles. The summed E-state index contributed by atoms with van der Waals surface area (Å²) in [5, 5.41) is 0. The predicted molar refractivity (Wildman–Crippen MR) is 69.0 cm³/mol. The van der Waals surface area contributed by atoms with Crippen molar-refractivity contribution in [3.63, 3.8) is 0 Å². The molecule has 0 radical (unpaired) electrons. The lowest BCUT2D eigenvalue weighted by Crippen LogP contribution is -2.10. The molecular formula is C15H28. The highest BCUT2D eigenvalue weighted by atomic mass is 14.5. The zero-order valence-electron chi connectivity index (χ0n) is 11.3. The van der Waals surface area contributed by atoms with Crippen LogP contribution in [0.1, 0.15) is 73.1 Å². The van der Waals surface area contributed by atoms with Crippen LogP contribution in [0.2, 0.25) is 0 Å². The van der Waals surface area contributed by atoms with Gasteiger partial charge >= 0.3 is 0 Å². The Morgan fingerprint density at radius 1 is 1.00 bits per heavy atom. The third kappa shape index (κ3) is 2.46. The van der Waals surface area contributed by atoms with Gasteiger partial charge in [0.1, 0.15) is 0 Å². The maximum atomic E-state index is 2.45. The summed E-state index contributed by atoms with van der Waals surface area (Å²) in [7, 11) is 0. The smallest absolute Gasteiger partial charge is 0.0121 e. The molecule has 0 N–H and O–H groups in total. The van der Waals surface area contributed by atoms with Crippen LogP contribution in [0.3, 0.4) is 0 Å². The van der Waals surface area contributed by atoms with Gasteiger partial charge in [0, 0.05) is 5.41 Å². The third-order valence-corrected chi connectivity index (χ3v) is 4.34. The van der Waals surface area contributed by atoms with Gasteiger partial charge in [-0.15, -0.1) is 0 Å². The van der Waals surface area contributed by atoms with Gasteiger partial charge in [-0.3, -0.25) is 0 Å². The van der Waals surface area contributed by atoms with Gasteiger partial charge in [0.05, 0.1) is 0 Å². The predicted octanol–water partition coefficient (Wildman–Crippen LogP) is 5.34. The fourth-order valence-corrected chi connectivity index (χ4v) is 2.94. The summed E-state index contributed by atoms with van der Waals surface area (Å²) in [5.74, 6) is 0.800. The molecule has 0 aromatic rings. The van der Waals surface area contributed by atoms with Crippen LogP contribution in [0, 0.1) is 11.3 Å². The minimum Gasteiger partial charge on any atom is -0.0654 e. The molecule has 1 atom stereocenters. The Morgan fingerprint density at radius 2 is 1.67 bits per heavy atom. The molecule has 0 aromatic heterocycles. The van der Waals surface area contributed by atoms with Gasteiger partial charge in [-0.1, -0.05) is 65.0 Å². The molecule has 0 bridgehead atoms. The Labute approximate surface area is 96.2 Å². The second-order valence-corrected chi connectivity index (χ2v) is 5.48. The molecule has 0 amide bonds. The molecule has 0 nitrogen and oxygen atoms in total. The summed E-state index contributed by atoms with van der Waals surface area (Å²) in [6, 6.07) is 0. The molecule has 15 heavy (non-hydrogen) atoms. The molecule has 1 unspecified atom stereocenters. The molecule has 0 saturated heterocycles. The molecule has 0 saturated carbocycles. The molecule has 0 aliphatic heterocycles. The quantitative estimate of drug-likeness (QED) is 0.391. The van der Waals surface area contributed by atoms with E-state index in [9.17, 15) is 0 Å². The summed E-state index contributed by atoms with van der Waals surface area (Å²) in [4.78, 5) is 0. The largest absolute Gasteiger partial charge is 0.0654 e. The van der Waals surface area contributed by atoms with E-state index in [-0.39, 0.29) is 0 Å². The number of allylic oxidation sites excluding steroid dienone is 2. The van der Waals surface area contributed by atoms with Crippen molar-refractivity contribution in [2.45, 2.75) is 73.1 Å². The fourth-order valence-electron chi connectivity index (χ4n) is 2.94. The molecule has 0 heteroatoms. The maximum Gasteiger partial charge on any atom is 0.0121 e. The van der Waals surface area contributed by atoms with Crippen molar-refractivity contribution >= 4 is 0 Å². The van der Waals surface area contributed by atoms with Crippen LogP contribution in [0.25, 0.3) is 0 Å². The van der Waals surface area contributed by atoms with E-state index >= 15 is 0 Å². The standard InChI is InChI=1S/C15H28/c1-6-8-9-10-11-14-13(7-2)15(14,5)12(3)4/h12H,6-11H2,1-5H3. The van der Waals surface area contributed by atoms with Crippen molar-refractivity contribution in [2.24, 2.45) is 11.3 Å². The Hall–Kier alpha value is -0.260. The summed E-state index contributed by atoms with van der Waals surface area (Å²) in [5.41, 5.74) is 4.09. The van der Waals surface area contributed by atoms with Crippen LogP contribution in [0.15, 0.2) is 11.1 Å². The van der Waals surface area contributed by atoms with Gasteiger partial charge < -0.3 is 0 Å². The first-order valence-corrected chi connectivity index (χ1v) is 6.81. The molecule has 88 valence electrons. The Morgan fingerprint density at radius 3 is 2.07 bits per heavy atom. The van der Waals surface area contributed by atoms with Gasteiger partial charge in [-0.2, -0.15) is 0 Å². The minimum absolute atomic E-state index is 0.515. The van der Waals surface area contributed by atoms with Gasteiger partial charge in [0.2, 0.25) is 0 Å². The first-order valence-electron chi connectivity index (χ1n) is 6.81. The highest BCUT2D eigenvalue weighted by Crippen LogP contribution is 2.60. The zero-order valence-corrected chi connectivity index (χ0v) is 11.3. The number of unbranched alkanes of at least 4 members (excludes halogenated alkanes) is 3. The van der Waals surface area contributed by atoms with Crippen molar-refractivity contribution in [1.82, 2.24) is 0 Å². The first kappa shape index (κ1) is 12.8. The van der Waals surface area contributed by atoms with Crippen molar-refractivity contribution < 1.29 is 0 Å². The van der Waals surface area contributed by atoms with E-state index in [1.165, 1.54) is 38.5 Å². The van der Waals surface area contributed by atoms with E-state index in [1.54, 1.807) is 11.1 Å². The zero-order chi connectivity index (χ0) is 11.5. The van der Waals surface area contributed by atoms with E-state index in [0.717, 1.165) is 5.92 Å². The highest BCUT2D eigenvalue weighted by molar-refractivity contribution is 5.48. The van der Waals surface area contributed by atoms with Gasteiger partial charge in [-0.25, -0.2) is 0 Å². The van der Waals surface area contributed by atoms with Gasteiger partial charge in [0.15, 0.2) is 0 Å². The first-order chi connectivity index (χ1) is 7.08. The van der Waals surface area contributed by atoms with Crippen molar-refractivity contribution in [3.8, 4) is 0 Å². The molecule has 0 aromatic carbocycles. The van der Waals surface area contributed by atoms with Crippen molar-refractivity contribution in [2.75, 3.05) is 0 Å². The van der Waals surface area contributed by atoms with Crippen molar-refractivity contribution in [3.05, 3.63) is 11.1 Å². The monoisotopic (exact) mass is 208 g/mol. The van der Waals surface area contributed by atoms with Crippen LogP contribution in [0.4, 0.5) is 0 Å². The maximum absolute atomic E-state index is 2.45. The lowest BCUT2D eigenvalue weighted by Gasteiger charge is -2.19. The fraction of sp³-hybridized carbons (Fsp3) is 0.867. The minimum atomic E-state index is 0.515. The molecule has 1 rings (SSSR count). The van der Waals surface area contributed by atoms with Gasteiger partial charge in [0.25, 0.3) is 0 Å². The van der Waals surface area contributed by atoms with E-state index in [4.69, 9.17) is 0 Å². The Bertz CT molecular complexity index is 234. The summed E-state index contributed by atoms with van der Waals surface area (Å²) in [6.07, 6.45) is 8.24. The van der Waals surface area contributed by atoms with Crippen molar-refractivity contribution in [1.29, 1.82) is 0 Å². The second kappa shape index (κ2) is 5.18. The lowest BCUT2D eigenvalue weighted by atomic mass is 9.85. The van der Waals surface area contributed by atoms with Crippen LogP contribution < -0.4 is 0 Å². The molecule has 0 spiro atoms. The Kier molecular flexibility index (Phi) is 4.43. The van der Waals surface area contributed by atoms with Crippen LogP contribution in [-0.4, -0.2) is 0 Å². The normalized spacial score (nSPS) is 25.2. The number of hydrogen-bond acceptors (Lipinski definition) is 0. The molecule has 1 aliphatic rings. The van der Waals surface area contributed by atoms with E-state index < -0.39 is 0 Å². The molecular weight excluding hydrogens is 180 g/mol. The van der Waals surface area contributed by atoms with E-state index in [2.05, 4.69) is 34.6 Å². The van der Waals surface area contributed by atoms with E-state index in [1.807, 2.05) is 0 Å². The SMILES string of the molecule is CCCCCCC1=C(CC)C1(C)C(C)C. The third-order valence-electron chi connectivity index (χ3n) is 4.34. The second-order valence-electron chi connectivity index (χ2n) is 5.48.